The van der Waals surface area contributed by atoms with E-state index < -0.39 is 0 Å². The predicted molar refractivity (Wildman–Crippen MR) is 113 cm³/mol. The zero-order valence-corrected chi connectivity index (χ0v) is 15.2. The highest BCUT2D eigenvalue weighted by molar-refractivity contribution is 6.05. The van der Waals surface area contributed by atoms with Crippen molar-refractivity contribution in [3.63, 3.8) is 0 Å². The zero-order valence-electron chi connectivity index (χ0n) is 15.2. The van der Waals surface area contributed by atoms with Crippen LogP contribution in [0, 0.1) is 0 Å². The molecular formula is C25H14O4. The van der Waals surface area contributed by atoms with Crippen molar-refractivity contribution in [2.45, 2.75) is 0 Å². The van der Waals surface area contributed by atoms with Gasteiger partial charge in [0.1, 0.15) is 28.8 Å². The lowest BCUT2D eigenvalue weighted by molar-refractivity contribution is 0.559. The molecule has 0 aliphatic heterocycles. The first-order valence-electron chi connectivity index (χ1n) is 9.30. The van der Waals surface area contributed by atoms with Crippen molar-refractivity contribution in [1.29, 1.82) is 0 Å². The van der Waals surface area contributed by atoms with Gasteiger partial charge in [-0.1, -0.05) is 48.5 Å². The van der Waals surface area contributed by atoms with Crippen molar-refractivity contribution in [3.05, 3.63) is 95.5 Å². The summed E-state index contributed by atoms with van der Waals surface area (Å²) in [5, 5.41) is 2.79. The van der Waals surface area contributed by atoms with Crippen LogP contribution in [0.25, 0.3) is 55.4 Å². The molecule has 0 spiro atoms. The van der Waals surface area contributed by atoms with E-state index in [9.17, 15) is 4.79 Å². The summed E-state index contributed by atoms with van der Waals surface area (Å²) < 4.78 is 17.3. The number of fused-ring (bicyclic) bond motifs is 3. The Morgan fingerprint density at radius 1 is 0.621 bits per heavy atom. The van der Waals surface area contributed by atoms with Crippen molar-refractivity contribution in [2.75, 3.05) is 0 Å². The molecule has 3 aromatic heterocycles. The summed E-state index contributed by atoms with van der Waals surface area (Å²) in [5.41, 5.74) is 4.22. The van der Waals surface area contributed by atoms with Crippen LogP contribution in [0.4, 0.5) is 0 Å². The van der Waals surface area contributed by atoms with E-state index in [1.54, 1.807) is 12.3 Å². The molecule has 0 aliphatic carbocycles. The summed E-state index contributed by atoms with van der Waals surface area (Å²) in [4.78, 5) is 12.1. The van der Waals surface area contributed by atoms with Crippen LogP contribution < -0.4 is 5.63 Å². The van der Waals surface area contributed by atoms with E-state index in [2.05, 4.69) is 0 Å². The molecule has 0 saturated carbocycles. The van der Waals surface area contributed by atoms with E-state index in [1.807, 2.05) is 66.7 Å². The van der Waals surface area contributed by atoms with Crippen molar-refractivity contribution in [2.24, 2.45) is 0 Å². The van der Waals surface area contributed by atoms with Gasteiger partial charge in [-0.25, -0.2) is 4.79 Å². The Hall–Kier alpha value is -4.05. The second kappa shape index (κ2) is 5.97. The molecule has 0 radical (unpaired) electrons. The fraction of sp³-hybridized carbons (Fsp3) is 0. The van der Waals surface area contributed by atoms with E-state index in [0.29, 0.717) is 11.2 Å². The second-order valence-electron chi connectivity index (χ2n) is 6.99. The Labute approximate surface area is 164 Å². The molecule has 0 amide bonds. The predicted octanol–water partition coefficient (Wildman–Crippen LogP) is 6.62. The van der Waals surface area contributed by atoms with Gasteiger partial charge in [-0.2, -0.15) is 0 Å². The fourth-order valence-electron chi connectivity index (χ4n) is 3.85. The van der Waals surface area contributed by atoms with Crippen LogP contribution >= 0.6 is 0 Å². The smallest absolute Gasteiger partial charge is 0.336 e. The van der Waals surface area contributed by atoms with Gasteiger partial charge in [0.15, 0.2) is 0 Å². The molecule has 6 rings (SSSR count). The number of hydrogen-bond donors (Lipinski definition) is 0. The highest BCUT2D eigenvalue weighted by Crippen LogP contribution is 2.38. The summed E-state index contributed by atoms with van der Waals surface area (Å²) in [6.45, 7) is 0. The zero-order chi connectivity index (χ0) is 19.4. The van der Waals surface area contributed by atoms with Crippen molar-refractivity contribution < 1.29 is 13.3 Å². The van der Waals surface area contributed by atoms with E-state index in [-0.39, 0.29) is 5.63 Å². The minimum Gasteiger partial charge on any atom is -0.463 e. The molecule has 0 bridgehead atoms. The van der Waals surface area contributed by atoms with Gasteiger partial charge in [-0.15, -0.1) is 0 Å². The van der Waals surface area contributed by atoms with Crippen LogP contribution in [0.2, 0.25) is 0 Å². The molecular weight excluding hydrogens is 364 g/mol. The number of furan rings is 2. The second-order valence-corrected chi connectivity index (χ2v) is 6.99. The topological polar surface area (TPSA) is 56.5 Å². The number of hydrogen-bond acceptors (Lipinski definition) is 4. The van der Waals surface area contributed by atoms with Gasteiger partial charge >= 0.3 is 5.63 Å². The Bertz CT molecular complexity index is 1530. The average Bonchev–Trinajstić information content (AvgIpc) is 3.35. The number of rotatable bonds is 2. The first-order chi connectivity index (χ1) is 14.3. The van der Waals surface area contributed by atoms with Gasteiger partial charge < -0.3 is 13.3 Å². The fourth-order valence-corrected chi connectivity index (χ4v) is 3.85. The molecule has 4 nitrogen and oxygen atoms in total. The van der Waals surface area contributed by atoms with Crippen LogP contribution in [-0.4, -0.2) is 0 Å². The maximum atomic E-state index is 12.1. The molecule has 3 aromatic carbocycles. The Morgan fingerprint density at radius 2 is 1.41 bits per heavy atom. The van der Waals surface area contributed by atoms with Gasteiger partial charge in [0.2, 0.25) is 0 Å². The van der Waals surface area contributed by atoms with E-state index in [4.69, 9.17) is 13.3 Å². The molecule has 0 fully saturated rings. The summed E-state index contributed by atoms with van der Waals surface area (Å²) >= 11 is 0. The average molecular weight is 378 g/mol. The molecule has 0 N–H and O–H groups in total. The lowest BCUT2D eigenvalue weighted by Gasteiger charge is -2.06. The van der Waals surface area contributed by atoms with E-state index in [1.165, 1.54) is 6.07 Å². The molecule has 0 saturated heterocycles. The Kier molecular flexibility index (Phi) is 3.29. The van der Waals surface area contributed by atoms with Gasteiger partial charge in [0, 0.05) is 28.3 Å². The van der Waals surface area contributed by atoms with E-state index in [0.717, 1.165) is 44.2 Å². The molecule has 6 aromatic rings. The van der Waals surface area contributed by atoms with Crippen LogP contribution in [0.1, 0.15) is 0 Å². The molecule has 138 valence electrons. The molecule has 4 heteroatoms. The van der Waals surface area contributed by atoms with Crippen LogP contribution in [0.15, 0.2) is 103 Å². The Morgan fingerprint density at radius 3 is 2.28 bits per heavy atom. The third-order valence-electron chi connectivity index (χ3n) is 5.21. The first kappa shape index (κ1) is 16.0. The molecule has 0 unspecified atom stereocenters. The summed E-state index contributed by atoms with van der Waals surface area (Å²) in [7, 11) is 0. The molecule has 0 atom stereocenters. The summed E-state index contributed by atoms with van der Waals surface area (Å²) in [6, 6.07) is 25.0. The monoisotopic (exact) mass is 378 g/mol. The SMILES string of the molecule is O=c1cc(-c2ccccc2)c2cc3c(-c4cc5ccccc5o4)coc3cc2o1. The van der Waals surface area contributed by atoms with E-state index >= 15 is 0 Å². The van der Waals surface area contributed by atoms with Crippen molar-refractivity contribution >= 4 is 32.9 Å². The van der Waals surface area contributed by atoms with Crippen LogP contribution in [0.5, 0.6) is 0 Å². The summed E-state index contributed by atoms with van der Waals surface area (Å²) in [5.74, 6) is 0.739. The standard InChI is InChI=1S/C25H14O4/c26-25-12-17(15-6-2-1-3-7-15)18-11-19-20(14-27-22(19)13-24(18)29-25)23-10-16-8-4-5-9-21(16)28-23/h1-14H. The largest absolute Gasteiger partial charge is 0.463 e. The van der Waals surface area contributed by atoms with Crippen molar-refractivity contribution in [1.82, 2.24) is 0 Å². The molecule has 0 aliphatic rings. The lowest BCUT2D eigenvalue weighted by atomic mass is 10.00. The van der Waals surface area contributed by atoms with Gasteiger partial charge in [0.05, 0.1) is 5.56 Å². The minimum absolute atomic E-state index is 0.389. The third kappa shape index (κ3) is 2.50. The number of para-hydroxylation sites is 1. The highest BCUT2D eigenvalue weighted by Gasteiger charge is 2.16. The van der Waals surface area contributed by atoms with Crippen molar-refractivity contribution in [3.8, 4) is 22.5 Å². The van der Waals surface area contributed by atoms with Gasteiger partial charge in [-0.05, 0) is 29.3 Å². The van der Waals surface area contributed by atoms with Gasteiger partial charge in [0.25, 0.3) is 0 Å². The lowest BCUT2D eigenvalue weighted by Crippen LogP contribution is -1.98. The number of benzene rings is 3. The van der Waals surface area contributed by atoms with Gasteiger partial charge in [-0.3, -0.25) is 0 Å². The van der Waals surface area contributed by atoms with Crippen LogP contribution in [-0.2, 0) is 0 Å². The summed E-state index contributed by atoms with van der Waals surface area (Å²) in [6.07, 6.45) is 1.68. The first-order valence-corrected chi connectivity index (χ1v) is 9.30. The Balaban J connectivity index is 1.65. The normalized spacial score (nSPS) is 11.6. The van der Waals surface area contributed by atoms with Crippen LogP contribution in [0.3, 0.4) is 0 Å². The molecule has 29 heavy (non-hydrogen) atoms. The quantitative estimate of drug-likeness (QED) is 0.318. The molecule has 3 heterocycles. The minimum atomic E-state index is -0.389. The third-order valence-corrected chi connectivity index (χ3v) is 5.21. The highest BCUT2D eigenvalue weighted by atomic mass is 16.4. The maximum absolute atomic E-state index is 12.1. The maximum Gasteiger partial charge on any atom is 0.336 e.